The second-order valence-electron chi connectivity index (χ2n) is 15.2. The van der Waals surface area contributed by atoms with E-state index in [4.69, 9.17) is 4.74 Å². The second-order valence-corrected chi connectivity index (χ2v) is 15.2. The lowest BCUT2D eigenvalue weighted by Gasteiger charge is -2.69. The summed E-state index contributed by atoms with van der Waals surface area (Å²) in [5.41, 5.74) is 2.24. The van der Waals surface area contributed by atoms with Gasteiger partial charge in [-0.1, -0.05) is 39.3 Å². The zero-order chi connectivity index (χ0) is 30.1. The summed E-state index contributed by atoms with van der Waals surface area (Å²) in [6, 6.07) is 0. The van der Waals surface area contributed by atoms with Crippen LogP contribution in [-0.2, 0) is 14.3 Å². The molecule has 0 unspecified atom stereocenters. The van der Waals surface area contributed by atoms with E-state index >= 15 is 0 Å². The van der Waals surface area contributed by atoms with Crippen LogP contribution in [0.15, 0.2) is 22.8 Å². The van der Waals surface area contributed by atoms with Crippen molar-refractivity contribution in [2.45, 2.75) is 124 Å². The van der Waals surface area contributed by atoms with Gasteiger partial charge in [0.05, 0.1) is 18.3 Å². The fourth-order valence-corrected chi connectivity index (χ4v) is 10.6. The van der Waals surface area contributed by atoms with E-state index in [-0.39, 0.29) is 52.0 Å². The maximum absolute atomic E-state index is 14.0. The highest BCUT2D eigenvalue weighted by Crippen LogP contribution is 2.74. The maximum atomic E-state index is 14.0. The Labute approximate surface area is 246 Å². The normalized spacial score (nSPS) is 45.1. The van der Waals surface area contributed by atoms with Crippen LogP contribution >= 0.6 is 0 Å². The van der Waals surface area contributed by atoms with Gasteiger partial charge in [-0.2, -0.15) is 0 Å². The molecule has 0 aromatic carbocycles. The van der Waals surface area contributed by atoms with Crippen molar-refractivity contribution in [1.29, 1.82) is 0 Å². The van der Waals surface area contributed by atoms with Crippen molar-refractivity contribution in [3.05, 3.63) is 22.8 Å². The van der Waals surface area contributed by atoms with Crippen molar-refractivity contribution in [1.82, 2.24) is 4.90 Å². The van der Waals surface area contributed by atoms with E-state index in [1.165, 1.54) is 12.5 Å². The molecule has 0 aromatic rings. The van der Waals surface area contributed by atoms with Crippen LogP contribution in [0.3, 0.4) is 0 Å². The van der Waals surface area contributed by atoms with Crippen LogP contribution in [0.25, 0.3) is 0 Å². The molecule has 5 aliphatic rings. The number of β-amino-alcohol motifs (C(OH)–C–C–N with tert-alkyl or cyclic N) is 1. The van der Waals surface area contributed by atoms with Crippen molar-refractivity contribution in [3.63, 3.8) is 0 Å². The van der Waals surface area contributed by atoms with E-state index < -0.39 is 18.3 Å². The Morgan fingerprint density at radius 2 is 1.68 bits per heavy atom. The molecular weight excluding hydrogens is 518 g/mol. The lowest BCUT2D eigenvalue weighted by Crippen LogP contribution is -2.65. The van der Waals surface area contributed by atoms with Crippen molar-refractivity contribution < 1.29 is 29.6 Å². The van der Waals surface area contributed by atoms with Gasteiger partial charge in [0.2, 0.25) is 5.91 Å². The third-order valence-electron chi connectivity index (χ3n) is 12.7. The van der Waals surface area contributed by atoms with E-state index in [1.54, 1.807) is 4.90 Å². The highest BCUT2D eigenvalue weighted by molar-refractivity contribution is 5.95. The number of hydrogen-bond donors (Lipinski definition) is 3. The number of fused-ring (bicyclic) bond motifs is 5. The molecule has 1 heterocycles. The van der Waals surface area contributed by atoms with Gasteiger partial charge in [0.1, 0.15) is 6.10 Å². The van der Waals surface area contributed by atoms with Gasteiger partial charge >= 0.3 is 5.97 Å². The van der Waals surface area contributed by atoms with Crippen molar-refractivity contribution in [2.75, 3.05) is 13.1 Å². The zero-order valence-corrected chi connectivity index (χ0v) is 26.3. The van der Waals surface area contributed by atoms with Crippen LogP contribution in [0, 0.1) is 39.9 Å². The van der Waals surface area contributed by atoms with Gasteiger partial charge < -0.3 is 25.0 Å². The molecule has 5 fully saturated rings. The molecule has 0 aromatic heterocycles. The van der Waals surface area contributed by atoms with Gasteiger partial charge in [-0.25, -0.2) is 0 Å². The molecule has 4 saturated carbocycles. The van der Waals surface area contributed by atoms with Gasteiger partial charge in [0.25, 0.3) is 0 Å². The molecule has 7 nitrogen and oxygen atoms in total. The van der Waals surface area contributed by atoms with Crippen molar-refractivity contribution >= 4 is 11.9 Å². The molecule has 4 aliphatic carbocycles. The molecule has 1 saturated heterocycles. The summed E-state index contributed by atoms with van der Waals surface area (Å²) >= 11 is 0. The summed E-state index contributed by atoms with van der Waals surface area (Å²) in [7, 11) is 0. The predicted octanol–water partition coefficient (Wildman–Crippen LogP) is 4.78. The van der Waals surface area contributed by atoms with E-state index in [0.29, 0.717) is 50.3 Å². The fraction of sp³-hybridized carbons (Fsp3) is 0.824. The quantitative estimate of drug-likeness (QED) is 0.249. The summed E-state index contributed by atoms with van der Waals surface area (Å²) in [6.45, 7) is 15.4. The Bertz CT molecular complexity index is 1120. The van der Waals surface area contributed by atoms with E-state index in [2.05, 4.69) is 47.6 Å². The number of carbonyl (C=O) groups excluding carboxylic acids is 2. The topological polar surface area (TPSA) is 107 Å². The molecule has 1 amide bonds. The largest absolute Gasteiger partial charge is 0.458 e. The van der Waals surface area contributed by atoms with Crippen LogP contribution in [0.2, 0.25) is 0 Å². The summed E-state index contributed by atoms with van der Waals surface area (Å²) in [4.78, 5) is 28.2. The number of hydrogen-bond acceptors (Lipinski definition) is 6. The number of nitrogens with zero attached hydrogens (tertiary/aromatic N) is 1. The van der Waals surface area contributed by atoms with Crippen molar-refractivity contribution in [3.8, 4) is 0 Å². The number of aliphatic hydroxyl groups is 3. The minimum atomic E-state index is -0.542. The number of likely N-dealkylation sites (tertiary alicyclic amines) is 1. The van der Waals surface area contributed by atoms with Gasteiger partial charge in [0, 0.05) is 25.6 Å². The first kappa shape index (κ1) is 30.7. The monoisotopic (exact) mass is 571 g/mol. The second kappa shape index (κ2) is 10.8. The van der Waals surface area contributed by atoms with Crippen LogP contribution < -0.4 is 0 Å². The number of aliphatic hydroxyl groups excluding tert-OH is 3. The molecule has 3 N–H and O–H groups in total. The fourth-order valence-electron chi connectivity index (χ4n) is 10.6. The first-order chi connectivity index (χ1) is 19.1. The minimum absolute atomic E-state index is 0.0673. The first-order valence-corrected chi connectivity index (χ1v) is 16.0. The third-order valence-corrected chi connectivity index (χ3v) is 12.7. The number of allylic oxidation sites excluding steroid dienone is 2. The molecule has 41 heavy (non-hydrogen) atoms. The molecule has 1 aliphatic heterocycles. The van der Waals surface area contributed by atoms with E-state index in [9.17, 15) is 24.9 Å². The molecule has 7 heteroatoms. The van der Waals surface area contributed by atoms with Gasteiger partial charge in [-0.3, -0.25) is 9.59 Å². The minimum Gasteiger partial charge on any atom is -0.458 e. The highest BCUT2D eigenvalue weighted by atomic mass is 16.5. The molecule has 230 valence electrons. The van der Waals surface area contributed by atoms with Gasteiger partial charge in [-0.15, -0.1) is 0 Å². The molecule has 10 atom stereocenters. The average molecular weight is 572 g/mol. The van der Waals surface area contributed by atoms with Gasteiger partial charge in [0.15, 0.2) is 0 Å². The smallest absolute Gasteiger partial charge is 0.303 e. The average Bonchev–Trinajstić information content (AvgIpc) is 3.13. The standard InChI is InChI=1S/C34H53NO6/c1-19(2)9-8-10-23(31(40)35-17-22(37)18-35)29-25-15-27(39)30-32(5)13-12-26(38)20(3)24(32)11-14-33(30,6)34(25,7)16-28(29)41-21(4)36/h9,20,22,24-28,30,37-39H,8,10-18H2,1-7H3/b29-23-/t20-,24-,25-,26+,27+,28-,30-,32-,33-,34-/m0/s1. The molecular formula is C34H53NO6. The number of carbonyl (C=O) groups is 2. The summed E-state index contributed by atoms with van der Waals surface area (Å²) in [5.74, 6) is 0.137. The molecule has 0 bridgehead atoms. The summed E-state index contributed by atoms with van der Waals surface area (Å²) < 4.78 is 6.07. The number of ether oxygens (including phenoxy) is 1. The van der Waals surface area contributed by atoms with Crippen molar-refractivity contribution in [2.24, 2.45) is 39.9 Å². The lowest BCUT2D eigenvalue weighted by atomic mass is 9.36. The summed E-state index contributed by atoms with van der Waals surface area (Å²) in [5, 5.41) is 32.8. The highest BCUT2D eigenvalue weighted by Gasteiger charge is 2.70. The predicted molar refractivity (Wildman–Crippen MR) is 158 cm³/mol. The Kier molecular flexibility index (Phi) is 8.09. The maximum Gasteiger partial charge on any atom is 0.303 e. The number of amides is 1. The lowest BCUT2D eigenvalue weighted by molar-refractivity contribution is -0.234. The van der Waals surface area contributed by atoms with Crippen LogP contribution in [0.4, 0.5) is 0 Å². The number of esters is 1. The zero-order valence-electron chi connectivity index (χ0n) is 26.3. The van der Waals surface area contributed by atoms with E-state index in [0.717, 1.165) is 31.3 Å². The Morgan fingerprint density at radius 1 is 1.00 bits per heavy atom. The van der Waals surface area contributed by atoms with Crippen LogP contribution in [0.1, 0.15) is 99.8 Å². The third kappa shape index (κ3) is 4.82. The Hall–Kier alpha value is -1.70. The molecule has 0 radical (unpaired) electrons. The molecule has 5 rings (SSSR count). The van der Waals surface area contributed by atoms with Crippen LogP contribution in [0.5, 0.6) is 0 Å². The SMILES string of the molecule is CC(=O)O[C@H]1C[C@@]2(C)[C@@H](C[C@@H](O)[C@H]3[C@@]4(C)CC[C@@H](O)[C@@H](C)[C@@H]4CC[C@@]32C)/C1=C(\CCC=C(C)C)C(=O)N1CC(O)C1. The van der Waals surface area contributed by atoms with Gasteiger partial charge in [-0.05, 0) is 111 Å². The summed E-state index contributed by atoms with van der Waals surface area (Å²) in [6.07, 6.45) is 6.38. The molecule has 0 spiro atoms. The Morgan fingerprint density at radius 3 is 2.29 bits per heavy atom. The Balaban J connectivity index is 1.61. The van der Waals surface area contributed by atoms with E-state index in [1.807, 2.05) is 0 Å². The first-order valence-electron chi connectivity index (χ1n) is 16.0. The number of rotatable bonds is 5. The van der Waals surface area contributed by atoms with Crippen LogP contribution in [-0.4, -0.2) is 69.6 Å².